The number of carbonyl (C=O) groups excluding carboxylic acids is 1. The van der Waals surface area contributed by atoms with Gasteiger partial charge in [0.25, 0.3) is 0 Å². The summed E-state index contributed by atoms with van der Waals surface area (Å²) >= 11 is 0. The first-order valence-electron chi connectivity index (χ1n) is 6.81. The Morgan fingerprint density at radius 1 is 1.33 bits per heavy atom. The zero-order valence-electron chi connectivity index (χ0n) is 12.4. The molecule has 1 fully saturated rings. The third-order valence-electron chi connectivity index (χ3n) is 2.82. The Hall–Kier alpha value is -0.810. The molecule has 1 saturated heterocycles. The quantitative estimate of drug-likeness (QED) is 0.773. The Kier molecular flexibility index (Phi) is 9.69. The number of amides is 1. The van der Waals surface area contributed by atoms with E-state index in [0.717, 1.165) is 6.54 Å². The predicted molar refractivity (Wildman–Crippen MR) is 72.9 cm³/mol. The predicted octanol–water partition coefficient (Wildman–Crippen LogP) is 1.82. The van der Waals surface area contributed by atoms with Crippen molar-refractivity contribution in [3.05, 3.63) is 0 Å². The number of nitrogens with zero attached hydrogens (tertiary/aromatic N) is 2. The minimum atomic E-state index is -0.222. The van der Waals surface area contributed by atoms with Crippen LogP contribution in [0.25, 0.3) is 0 Å². The molecular formula is C13H28N2O3. The van der Waals surface area contributed by atoms with Gasteiger partial charge in [-0.05, 0) is 20.9 Å². The van der Waals surface area contributed by atoms with Crippen molar-refractivity contribution in [1.82, 2.24) is 9.80 Å². The molecule has 0 aromatic carbocycles. The number of hydrogen-bond donors (Lipinski definition) is 0. The molecule has 5 nitrogen and oxygen atoms in total. The molecule has 0 aliphatic carbocycles. The van der Waals surface area contributed by atoms with Crippen molar-refractivity contribution in [2.45, 2.75) is 33.7 Å². The van der Waals surface area contributed by atoms with Gasteiger partial charge in [-0.15, -0.1) is 0 Å². The Balaban J connectivity index is 0.00000137. The first-order valence-corrected chi connectivity index (χ1v) is 6.81. The highest BCUT2D eigenvalue weighted by Gasteiger charge is 2.17. The minimum Gasteiger partial charge on any atom is -0.448 e. The normalized spacial score (nSPS) is 15.4. The lowest BCUT2D eigenvalue weighted by molar-refractivity contribution is 0.0246. The number of hydrogen-bond acceptors (Lipinski definition) is 4. The molecule has 18 heavy (non-hydrogen) atoms. The van der Waals surface area contributed by atoms with E-state index in [-0.39, 0.29) is 6.09 Å². The van der Waals surface area contributed by atoms with Crippen molar-refractivity contribution in [1.29, 1.82) is 0 Å². The van der Waals surface area contributed by atoms with E-state index in [4.69, 9.17) is 9.47 Å². The Morgan fingerprint density at radius 3 is 2.39 bits per heavy atom. The fourth-order valence-electron chi connectivity index (χ4n) is 1.37. The number of rotatable bonds is 4. The molecule has 0 aromatic rings. The Morgan fingerprint density at radius 2 is 1.89 bits per heavy atom. The molecule has 0 radical (unpaired) electrons. The van der Waals surface area contributed by atoms with Crippen LogP contribution in [-0.4, -0.2) is 68.4 Å². The van der Waals surface area contributed by atoms with E-state index < -0.39 is 0 Å². The monoisotopic (exact) mass is 260 g/mol. The highest BCUT2D eigenvalue weighted by atomic mass is 16.6. The van der Waals surface area contributed by atoms with E-state index in [9.17, 15) is 4.79 Å². The lowest BCUT2D eigenvalue weighted by Crippen LogP contribution is -2.42. The smallest absolute Gasteiger partial charge is 0.409 e. The maximum Gasteiger partial charge on any atom is 0.409 e. The fourth-order valence-corrected chi connectivity index (χ4v) is 1.37. The van der Waals surface area contributed by atoms with Crippen LogP contribution in [0, 0.1) is 0 Å². The van der Waals surface area contributed by atoms with Gasteiger partial charge in [-0.1, -0.05) is 13.8 Å². The van der Waals surface area contributed by atoms with Gasteiger partial charge in [-0.2, -0.15) is 0 Å². The van der Waals surface area contributed by atoms with Gasteiger partial charge < -0.3 is 19.3 Å². The molecule has 1 rings (SSSR count). The molecule has 0 N–H and O–H groups in total. The van der Waals surface area contributed by atoms with E-state index in [2.05, 4.69) is 18.7 Å². The lowest BCUT2D eigenvalue weighted by atomic mass is 10.3. The average molecular weight is 260 g/mol. The summed E-state index contributed by atoms with van der Waals surface area (Å²) in [6.07, 6.45) is -0.222. The van der Waals surface area contributed by atoms with Crippen LogP contribution in [0.2, 0.25) is 0 Å². The van der Waals surface area contributed by atoms with Gasteiger partial charge in [0.2, 0.25) is 0 Å². The van der Waals surface area contributed by atoms with Gasteiger partial charge in [-0.3, -0.25) is 0 Å². The van der Waals surface area contributed by atoms with Crippen molar-refractivity contribution in [3.63, 3.8) is 0 Å². The maximum absolute atomic E-state index is 11.6. The number of likely N-dealkylation sites (N-methyl/N-ethyl adjacent to an activating group) is 1. The van der Waals surface area contributed by atoms with Crippen LogP contribution < -0.4 is 0 Å². The summed E-state index contributed by atoms with van der Waals surface area (Å²) in [5, 5.41) is 0. The molecular weight excluding hydrogens is 232 g/mol. The van der Waals surface area contributed by atoms with E-state index >= 15 is 0 Å². The number of carbonyl (C=O) groups is 1. The van der Waals surface area contributed by atoms with Crippen molar-refractivity contribution in [3.8, 4) is 0 Å². The minimum absolute atomic E-state index is 0.222. The van der Waals surface area contributed by atoms with Crippen LogP contribution in [0.1, 0.15) is 27.7 Å². The van der Waals surface area contributed by atoms with Crippen molar-refractivity contribution >= 4 is 6.09 Å². The molecule has 1 aliphatic heterocycles. The standard InChI is InChI=1S/C11H22N2O3.C2H6/c1-10(2)12(3)4-9-16-11(14)13-5-7-15-8-6-13;1-2/h10H,4-9H2,1-3H3;1-2H3. The molecule has 1 heterocycles. The molecule has 108 valence electrons. The Bertz CT molecular complexity index is 216. The molecule has 5 heteroatoms. The van der Waals surface area contributed by atoms with E-state index in [1.807, 2.05) is 20.9 Å². The van der Waals surface area contributed by atoms with Gasteiger partial charge in [-0.25, -0.2) is 4.79 Å². The van der Waals surface area contributed by atoms with Crippen LogP contribution in [-0.2, 0) is 9.47 Å². The number of morpholine rings is 1. The average Bonchev–Trinajstić information content (AvgIpc) is 2.41. The van der Waals surface area contributed by atoms with Crippen molar-refractivity contribution in [2.75, 3.05) is 46.5 Å². The van der Waals surface area contributed by atoms with Crippen LogP contribution >= 0.6 is 0 Å². The highest BCUT2D eigenvalue weighted by molar-refractivity contribution is 5.67. The second kappa shape index (κ2) is 10.1. The molecule has 0 unspecified atom stereocenters. The Labute approximate surface area is 111 Å². The molecule has 1 aliphatic rings. The van der Waals surface area contributed by atoms with Gasteiger partial charge in [0.15, 0.2) is 0 Å². The van der Waals surface area contributed by atoms with Gasteiger partial charge >= 0.3 is 6.09 Å². The first kappa shape index (κ1) is 17.2. The second-order valence-electron chi connectivity index (χ2n) is 4.29. The third-order valence-corrected chi connectivity index (χ3v) is 2.82. The van der Waals surface area contributed by atoms with E-state index in [1.54, 1.807) is 4.90 Å². The zero-order valence-corrected chi connectivity index (χ0v) is 12.4. The summed E-state index contributed by atoms with van der Waals surface area (Å²) in [6.45, 7) is 12.0. The van der Waals surface area contributed by atoms with Crippen LogP contribution in [0.4, 0.5) is 4.79 Å². The zero-order chi connectivity index (χ0) is 14.0. The van der Waals surface area contributed by atoms with Crippen molar-refractivity contribution in [2.24, 2.45) is 0 Å². The topological polar surface area (TPSA) is 42.0 Å². The van der Waals surface area contributed by atoms with Crippen LogP contribution in [0.5, 0.6) is 0 Å². The van der Waals surface area contributed by atoms with Crippen molar-refractivity contribution < 1.29 is 14.3 Å². The molecule has 0 atom stereocenters. The largest absolute Gasteiger partial charge is 0.448 e. The maximum atomic E-state index is 11.6. The summed E-state index contributed by atoms with van der Waals surface area (Å²) in [7, 11) is 2.02. The summed E-state index contributed by atoms with van der Waals surface area (Å²) < 4.78 is 10.4. The first-order chi connectivity index (χ1) is 8.61. The molecule has 0 spiro atoms. The lowest BCUT2D eigenvalue weighted by Gasteiger charge is -2.27. The van der Waals surface area contributed by atoms with Crippen LogP contribution in [0.15, 0.2) is 0 Å². The third kappa shape index (κ3) is 6.81. The molecule has 0 bridgehead atoms. The molecule has 0 aromatic heterocycles. The summed E-state index contributed by atoms with van der Waals surface area (Å²) in [6, 6.07) is 0.474. The van der Waals surface area contributed by atoms with Crippen LogP contribution in [0.3, 0.4) is 0 Å². The highest BCUT2D eigenvalue weighted by Crippen LogP contribution is 2.00. The van der Waals surface area contributed by atoms with E-state index in [1.165, 1.54) is 0 Å². The SMILES string of the molecule is CC.CC(C)N(C)CCOC(=O)N1CCOCC1. The number of ether oxygens (including phenoxy) is 2. The fraction of sp³-hybridized carbons (Fsp3) is 0.923. The molecule has 1 amide bonds. The summed E-state index contributed by atoms with van der Waals surface area (Å²) in [5.74, 6) is 0. The van der Waals surface area contributed by atoms with Gasteiger partial charge in [0.1, 0.15) is 6.61 Å². The van der Waals surface area contributed by atoms with E-state index in [0.29, 0.717) is 39.0 Å². The summed E-state index contributed by atoms with van der Waals surface area (Å²) in [5.41, 5.74) is 0. The molecule has 0 saturated carbocycles. The second-order valence-corrected chi connectivity index (χ2v) is 4.29. The van der Waals surface area contributed by atoms with Gasteiger partial charge in [0.05, 0.1) is 13.2 Å². The summed E-state index contributed by atoms with van der Waals surface area (Å²) in [4.78, 5) is 15.4. The van der Waals surface area contributed by atoms with Gasteiger partial charge in [0, 0.05) is 25.7 Å².